The van der Waals surface area contributed by atoms with Gasteiger partial charge in [0.25, 0.3) is 0 Å². The van der Waals surface area contributed by atoms with Gasteiger partial charge in [-0.15, -0.1) is 0 Å². The van der Waals surface area contributed by atoms with Gasteiger partial charge in [-0.05, 0) is 58.5 Å². The Kier molecular flexibility index (Phi) is 6.65. The largest absolute Gasteiger partial charge is 0.376 e. The standard InChI is InChI=1S/C21H35N5O2/c1-16-20(24-15-23-16)14-25-8-6-18(7-9-25)26-10-4-17(5-11-26)21(27)22-13-19-3-2-12-28-19/h15,17-19H,2-14H2,1H3,(H,22,27)(H,23,24)/t19-/m1/s1. The second-order valence-electron chi connectivity index (χ2n) is 8.67. The van der Waals surface area contributed by atoms with Crippen LogP contribution in [0.4, 0.5) is 0 Å². The summed E-state index contributed by atoms with van der Waals surface area (Å²) in [6.07, 6.45) is 8.65. The minimum Gasteiger partial charge on any atom is -0.376 e. The molecule has 3 aliphatic heterocycles. The summed E-state index contributed by atoms with van der Waals surface area (Å²) in [5, 5.41) is 3.12. The summed E-state index contributed by atoms with van der Waals surface area (Å²) in [5.41, 5.74) is 2.36. The molecular formula is C21H35N5O2. The molecule has 28 heavy (non-hydrogen) atoms. The van der Waals surface area contributed by atoms with Crippen LogP contribution in [0.5, 0.6) is 0 Å². The summed E-state index contributed by atoms with van der Waals surface area (Å²) < 4.78 is 5.60. The van der Waals surface area contributed by atoms with Crippen molar-refractivity contribution < 1.29 is 9.53 Å². The van der Waals surface area contributed by atoms with Gasteiger partial charge in [0.2, 0.25) is 5.91 Å². The van der Waals surface area contributed by atoms with Crippen molar-refractivity contribution in [3.63, 3.8) is 0 Å². The monoisotopic (exact) mass is 389 g/mol. The summed E-state index contributed by atoms with van der Waals surface area (Å²) >= 11 is 0. The van der Waals surface area contributed by atoms with Crippen LogP contribution in [-0.2, 0) is 16.1 Å². The molecular weight excluding hydrogens is 354 g/mol. The number of rotatable bonds is 6. The zero-order valence-electron chi connectivity index (χ0n) is 17.2. The molecule has 2 N–H and O–H groups in total. The molecule has 0 radical (unpaired) electrons. The van der Waals surface area contributed by atoms with Crippen molar-refractivity contribution in [1.82, 2.24) is 25.1 Å². The number of carbonyl (C=O) groups is 1. The number of ether oxygens (including phenoxy) is 1. The number of aryl methyl sites for hydroxylation is 1. The Bertz CT molecular complexity index is 626. The van der Waals surface area contributed by atoms with E-state index < -0.39 is 0 Å². The summed E-state index contributed by atoms with van der Waals surface area (Å²) in [6.45, 7) is 8.97. The Morgan fingerprint density at radius 3 is 2.64 bits per heavy atom. The van der Waals surface area contributed by atoms with Crippen molar-refractivity contribution in [2.75, 3.05) is 39.3 Å². The third-order valence-electron chi connectivity index (χ3n) is 6.81. The summed E-state index contributed by atoms with van der Waals surface area (Å²) in [5.74, 6) is 0.416. The van der Waals surface area contributed by atoms with Crippen molar-refractivity contribution in [2.24, 2.45) is 5.92 Å². The SMILES string of the molecule is Cc1[nH]cnc1CN1CCC(N2CCC(C(=O)NC[C@H]3CCCO3)CC2)CC1. The molecule has 7 nitrogen and oxygen atoms in total. The molecule has 4 rings (SSSR count). The topological polar surface area (TPSA) is 73.5 Å². The van der Waals surface area contributed by atoms with Crippen LogP contribution in [0, 0.1) is 12.8 Å². The van der Waals surface area contributed by atoms with Crippen LogP contribution < -0.4 is 5.32 Å². The predicted octanol–water partition coefficient (Wildman–Crippen LogP) is 1.69. The quantitative estimate of drug-likeness (QED) is 0.775. The van der Waals surface area contributed by atoms with Crippen LogP contribution in [0.1, 0.15) is 49.9 Å². The van der Waals surface area contributed by atoms with Crippen LogP contribution in [-0.4, -0.2) is 77.2 Å². The number of amides is 1. The second-order valence-corrected chi connectivity index (χ2v) is 8.67. The molecule has 3 fully saturated rings. The normalized spacial score (nSPS) is 26.0. The van der Waals surface area contributed by atoms with Gasteiger partial charge in [0.1, 0.15) is 0 Å². The first kappa shape index (κ1) is 19.9. The Morgan fingerprint density at radius 2 is 2.00 bits per heavy atom. The third-order valence-corrected chi connectivity index (χ3v) is 6.81. The molecule has 0 bridgehead atoms. The molecule has 1 atom stereocenters. The van der Waals surface area contributed by atoms with Gasteiger partial charge in [-0.3, -0.25) is 9.69 Å². The van der Waals surface area contributed by atoms with E-state index in [-0.39, 0.29) is 17.9 Å². The lowest BCUT2D eigenvalue weighted by atomic mass is 9.92. The Hall–Kier alpha value is -1.44. The van der Waals surface area contributed by atoms with E-state index in [4.69, 9.17) is 4.74 Å². The van der Waals surface area contributed by atoms with Gasteiger partial charge in [-0.1, -0.05) is 0 Å². The fraction of sp³-hybridized carbons (Fsp3) is 0.810. The smallest absolute Gasteiger partial charge is 0.223 e. The van der Waals surface area contributed by atoms with E-state index in [1.165, 1.54) is 24.2 Å². The number of nitrogens with one attached hydrogen (secondary N) is 2. The number of likely N-dealkylation sites (tertiary alicyclic amines) is 2. The lowest BCUT2D eigenvalue weighted by molar-refractivity contribution is -0.127. The molecule has 0 aliphatic carbocycles. The van der Waals surface area contributed by atoms with Gasteiger partial charge in [0.15, 0.2) is 0 Å². The fourth-order valence-electron chi connectivity index (χ4n) is 4.89. The zero-order chi connectivity index (χ0) is 19.3. The highest BCUT2D eigenvalue weighted by atomic mass is 16.5. The van der Waals surface area contributed by atoms with Crippen molar-refractivity contribution in [3.8, 4) is 0 Å². The molecule has 0 spiro atoms. The van der Waals surface area contributed by atoms with E-state index in [0.717, 1.165) is 65.0 Å². The maximum Gasteiger partial charge on any atom is 0.223 e. The number of aromatic amines is 1. The van der Waals surface area contributed by atoms with E-state index in [0.29, 0.717) is 12.6 Å². The first-order valence-corrected chi connectivity index (χ1v) is 11.0. The summed E-state index contributed by atoms with van der Waals surface area (Å²) in [6, 6.07) is 0.674. The summed E-state index contributed by atoms with van der Waals surface area (Å²) in [4.78, 5) is 25.2. The average Bonchev–Trinajstić information content (AvgIpc) is 3.39. The number of hydrogen-bond donors (Lipinski definition) is 2. The molecule has 1 aromatic rings. The molecule has 0 unspecified atom stereocenters. The highest BCUT2D eigenvalue weighted by Gasteiger charge is 2.31. The summed E-state index contributed by atoms with van der Waals surface area (Å²) in [7, 11) is 0. The minimum absolute atomic E-state index is 0.181. The predicted molar refractivity (Wildman–Crippen MR) is 108 cm³/mol. The number of aromatic nitrogens is 2. The number of nitrogens with zero attached hydrogens (tertiary/aromatic N) is 3. The highest BCUT2D eigenvalue weighted by molar-refractivity contribution is 5.78. The second kappa shape index (κ2) is 9.37. The van der Waals surface area contributed by atoms with E-state index in [2.05, 4.69) is 32.0 Å². The van der Waals surface area contributed by atoms with Gasteiger partial charge in [-0.2, -0.15) is 0 Å². The molecule has 3 aliphatic rings. The maximum atomic E-state index is 12.5. The van der Waals surface area contributed by atoms with Crippen LogP contribution >= 0.6 is 0 Å². The maximum absolute atomic E-state index is 12.5. The number of carbonyl (C=O) groups excluding carboxylic acids is 1. The Labute approximate surface area is 168 Å². The van der Waals surface area contributed by atoms with E-state index >= 15 is 0 Å². The van der Waals surface area contributed by atoms with E-state index in [1.807, 2.05) is 0 Å². The van der Waals surface area contributed by atoms with Crippen molar-refractivity contribution >= 4 is 5.91 Å². The van der Waals surface area contributed by atoms with Crippen LogP contribution in [0.15, 0.2) is 6.33 Å². The number of piperidine rings is 2. The van der Waals surface area contributed by atoms with Crippen LogP contribution in [0.3, 0.4) is 0 Å². The minimum atomic E-state index is 0.181. The molecule has 0 saturated carbocycles. The van der Waals surface area contributed by atoms with Gasteiger partial charge < -0.3 is 19.9 Å². The van der Waals surface area contributed by atoms with Gasteiger partial charge in [0.05, 0.1) is 18.1 Å². The zero-order valence-corrected chi connectivity index (χ0v) is 17.2. The van der Waals surface area contributed by atoms with Crippen molar-refractivity contribution in [3.05, 3.63) is 17.7 Å². The van der Waals surface area contributed by atoms with Crippen LogP contribution in [0.2, 0.25) is 0 Å². The first-order valence-electron chi connectivity index (χ1n) is 11.0. The molecule has 1 amide bonds. The van der Waals surface area contributed by atoms with E-state index in [9.17, 15) is 4.79 Å². The lowest BCUT2D eigenvalue weighted by Gasteiger charge is -2.41. The number of H-pyrrole nitrogens is 1. The average molecular weight is 390 g/mol. The lowest BCUT2D eigenvalue weighted by Crippen LogP contribution is -2.49. The van der Waals surface area contributed by atoms with Crippen LogP contribution in [0.25, 0.3) is 0 Å². The fourth-order valence-corrected chi connectivity index (χ4v) is 4.89. The first-order chi connectivity index (χ1) is 13.7. The molecule has 1 aromatic heterocycles. The third kappa shape index (κ3) is 4.93. The molecule has 3 saturated heterocycles. The van der Waals surface area contributed by atoms with E-state index in [1.54, 1.807) is 6.33 Å². The van der Waals surface area contributed by atoms with Gasteiger partial charge in [0, 0.05) is 50.4 Å². The highest BCUT2D eigenvalue weighted by Crippen LogP contribution is 2.25. The van der Waals surface area contributed by atoms with Gasteiger partial charge in [-0.25, -0.2) is 4.98 Å². The van der Waals surface area contributed by atoms with Crippen molar-refractivity contribution in [1.29, 1.82) is 0 Å². The Morgan fingerprint density at radius 1 is 1.21 bits per heavy atom. The molecule has 7 heteroatoms. The Balaban J connectivity index is 1.15. The number of hydrogen-bond acceptors (Lipinski definition) is 5. The van der Waals surface area contributed by atoms with Gasteiger partial charge >= 0.3 is 0 Å². The number of imidazole rings is 1. The molecule has 156 valence electrons. The molecule has 0 aromatic carbocycles. The van der Waals surface area contributed by atoms with Crippen molar-refractivity contribution in [2.45, 2.75) is 64.1 Å². The molecule has 4 heterocycles.